The molecule has 2 aliphatic heterocycles. The van der Waals surface area contributed by atoms with Crippen LogP contribution in [0.15, 0.2) is 0 Å². The maximum atomic E-state index is 8.74. The van der Waals surface area contributed by atoms with Crippen LogP contribution in [0.25, 0.3) is 0 Å². The van der Waals surface area contributed by atoms with Gasteiger partial charge in [-0.2, -0.15) is 19.8 Å². The normalized spacial score (nSPS) is 20.8. The summed E-state index contributed by atoms with van der Waals surface area (Å²) in [4.78, 5) is 0. The van der Waals surface area contributed by atoms with Gasteiger partial charge in [0.2, 0.25) is 0 Å². The minimum Gasteiger partial charge on any atom is -0.403 e. The van der Waals surface area contributed by atoms with E-state index in [1.54, 1.807) is 0 Å². The van der Waals surface area contributed by atoms with Gasteiger partial charge in [-0.1, -0.05) is 0 Å². The fourth-order valence-electron chi connectivity index (χ4n) is 0.728. The van der Waals surface area contributed by atoms with Gasteiger partial charge in [-0.3, -0.25) is 0 Å². The molecule has 2 atom stereocenters. The van der Waals surface area contributed by atoms with Gasteiger partial charge in [0.25, 0.3) is 0 Å². The van der Waals surface area contributed by atoms with E-state index in [9.17, 15) is 0 Å². The molecule has 2 unspecified atom stereocenters. The highest BCUT2D eigenvalue weighted by atomic mass is 31.0. The molecule has 0 aromatic carbocycles. The van der Waals surface area contributed by atoms with E-state index in [0.717, 1.165) is 0 Å². The largest absolute Gasteiger partial charge is 0.612 e. The molecule has 2 bridgehead atoms. The van der Waals surface area contributed by atoms with Crippen LogP contribution in [0.2, 0.25) is 0 Å². The SMILES string of the molecule is OB1OB2OB(O)OB(O1)O2.P.P. The third-order valence-electron chi connectivity index (χ3n) is 1.13. The number of fused-ring (bicyclic) bond motifs is 2. The summed E-state index contributed by atoms with van der Waals surface area (Å²) in [7, 11) is -5.20. The van der Waals surface area contributed by atoms with Crippen LogP contribution in [0.1, 0.15) is 0 Å². The molecule has 0 saturated carbocycles. The zero-order valence-corrected chi connectivity index (χ0v) is 9.49. The van der Waals surface area contributed by atoms with Gasteiger partial charge in [0.05, 0.1) is 0 Å². The topological polar surface area (TPSA) is 86.6 Å². The maximum absolute atomic E-state index is 8.74. The molecular weight excluding hydrogens is 217 g/mol. The Morgan fingerprint density at radius 3 is 1.23 bits per heavy atom. The van der Waals surface area contributed by atoms with E-state index in [4.69, 9.17) is 10.0 Å². The van der Waals surface area contributed by atoms with Crippen LogP contribution in [0.5, 0.6) is 0 Å². The summed E-state index contributed by atoms with van der Waals surface area (Å²) in [5.41, 5.74) is 0. The van der Waals surface area contributed by atoms with Gasteiger partial charge in [0, 0.05) is 0 Å². The van der Waals surface area contributed by atoms with Crippen LogP contribution in [0.4, 0.5) is 0 Å². The summed E-state index contributed by atoms with van der Waals surface area (Å²) in [5.74, 6) is 0. The molecule has 0 amide bonds. The first-order valence-corrected chi connectivity index (χ1v) is 2.87. The Labute approximate surface area is 82.7 Å². The highest BCUT2D eigenvalue weighted by Gasteiger charge is 2.52. The lowest BCUT2D eigenvalue weighted by atomic mass is 9.90. The quantitative estimate of drug-likeness (QED) is 0.338. The molecule has 2 saturated heterocycles. The third-order valence-corrected chi connectivity index (χ3v) is 1.13. The molecule has 0 radical (unpaired) electrons. The van der Waals surface area contributed by atoms with Crippen molar-refractivity contribution >= 4 is 49.1 Å². The van der Waals surface area contributed by atoms with Crippen LogP contribution < -0.4 is 0 Å². The summed E-state index contributed by atoms with van der Waals surface area (Å²) < 4.78 is 22.6. The summed E-state index contributed by atoms with van der Waals surface area (Å²) >= 11 is 0. The van der Waals surface area contributed by atoms with Crippen molar-refractivity contribution in [3.63, 3.8) is 0 Å². The molecular formula is H8B4O7P2. The van der Waals surface area contributed by atoms with Crippen molar-refractivity contribution in [1.29, 1.82) is 0 Å². The first-order chi connectivity index (χ1) is 5.24. The van der Waals surface area contributed by atoms with Gasteiger partial charge in [0.15, 0.2) is 0 Å². The molecule has 0 aromatic rings. The third kappa shape index (κ3) is 3.47. The second kappa shape index (κ2) is 5.66. The molecule has 2 aliphatic rings. The molecule has 13 heteroatoms. The zero-order valence-electron chi connectivity index (χ0n) is 6.66. The second-order valence-electron chi connectivity index (χ2n) is 1.87. The van der Waals surface area contributed by atoms with E-state index in [-0.39, 0.29) is 19.8 Å². The van der Waals surface area contributed by atoms with E-state index in [0.29, 0.717) is 0 Å². The first kappa shape index (κ1) is 13.8. The molecule has 0 spiro atoms. The minimum atomic E-state index is -1.45. The Kier molecular flexibility index (Phi) is 6.02. The minimum absolute atomic E-state index is 0. The van der Waals surface area contributed by atoms with Gasteiger partial charge in [-0.15, -0.1) is 0 Å². The van der Waals surface area contributed by atoms with Crippen molar-refractivity contribution in [1.82, 2.24) is 0 Å². The van der Waals surface area contributed by atoms with Crippen molar-refractivity contribution in [2.75, 3.05) is 0 Å². The van der Waals surface area contributed by atoms with Gasteiger partial charge in [-0.25, -0.2) is 0 Å². The first-order valence-electron chi connectivity index (χ1n) is 2.87. The monoisotopic (exact) mass is 226 g/mol. The van der Waals surface area contributed by atoms with E-state index in [2.05, 4.69) is 22.9 Å². The Morgan fingerprint density at radius 1 is 0.615 bits per heavy atom. The van der Waals surface area contributed by atoms with Crippen molar-refractivity contribution in [2.24, 2.45) is 0 Å². The number of rotatable bonds is 0. The van der Waals surface area contributed by atoms with Crippen molar-refractivity contribution < 1.29 is 32.9 Å². The lowest BCUT2D eigenvalue weighted by molar-refractivity contribution is 0.0834. The predicted octanol–water partition coefficient (Wildman–Crippen LogP) is -2.86. The Morgan fingerprint density at radius 2 is 0.923 bits per heavy atom. The second-order valence-corrected chi connectivity index (χ2v) is 1.87. The average molecular weight is 225 g/mol. The van der Waals surface area contributed by atoms with Gasteiger partial charge >= 0.3 is 29.3 Å². The van der Waals surface area contributed by atoms with Crippen LogP contribution in [0, 0.1) is 0 Å². The van der Waals surface area contributed by atoms with E-state index < -0.39 is 29.3 Å². The molecule has 2 fully saturated rings. The van der Waals surface area contributed by atoms with Gasteiger partial charge < -0.3 is 32.9 Å². The fraction of sp³-hybridized carbons (Fsp3) is 0. The Balaban J connectivity index is 0.000000720. The molecule has 0 aromatic heterocycles. The maximum Gasteiger partial charge on any atom is 0.612 e. The van der Waals surface area contributed by atoms with Gasteiger partial charge in [0.1, 0.15) is 0 Å². The van der Waals surface area contributed by atoms with Crippen molar-refractivity contribution in [3.05, 3.63) is 0 Å². The predicted molar refractivity (Wildman–Crippen MR) is 55.1 cm³/mol. The molecule has 7 nitrogen and oxygen atoms in total. The Bertz CT molecular complexity index is 124. The lowest BCUT2D eigenvalue weighted by Crippen LogP contribution is -2.59. The Hall–Kier alpha value is 0.840. The summed E-state index contributed by atoms with van der Waals surface area (Å²) in [6, 6.07) is 0. The molecule has 2 heterocycles. The smallest absolute Gasteiger partial charge is 0.403 e. The highest BCUT2D eigenvalue weighted by Crippen LogP contribution is 2.14. The average Bonchev–Trinajstić information content (AvgIpc) is 1.82. The van der Waals surface area contributed by atoms with E-state index in [1.165, 1.54) is 0 Å². The lowest BCUT2D eigenvalue weighted by Gasteiger charge is -2.31. The molecule has 0 aliphatic carbocycles. The van der Waals surface area contributed by atoms with Crippen LogP contribution in [0.3, 0.4) is 0 Å². The van der Waals surface area contributed by atoms with Crippen LogP contribution in [-0.2, 0) is 22.9 Å². The number of hydrogen-bond acceptors (Lipinski definition) is 7. The highest BCUT2D eigenvalue weighted by molar-refractivity contribution is 6.92. The van der Waals surface area contributed by atoms with Crippen molar-refractivity contribution in [2.45, 2.75) is 0 Å². The molecule has 2 rings (SSSR count). The zero-order chi connectivity index (χ0) is 7.84. The standard InChI is InChI=1S/B4H2O7.2H3P/c5-1-7-3-9-2(6)10-4(8-1)11-3;;/h5-6H;2*1H3. The molecule has 13 heavy (non-hydrogen) atoms. The summed E-state index contributed by atoms with van der Waals surface area (Å²) in [5, 5.41) is 17.5. The molecule has 2 N–H and O–H groups in total. The van der Waals surface area contributed by atoms with E-state index in [1.807, 2.05) is 0 Å². The van der Waals surface area contributed by atoms with E-state index >= 15 is 0 Å². The van der Waals surface area contributed by atoms with Crippen LogP contribution in [-0.4, -0.2) is 39.3 Å². The van der Waals surface area contributed by atoms with Crippen molar-refractivity contribution in [3.8, 4) is 0 Å². The van der Waals surface area contributed by atoms with Gasteiger partial charge in [-0.05, 0) is 0 Å². The van der Waals surface area contributed by atoms with Crippen LogP contribution >= 0.6 is 19.8 Å². The fourth-order valence-corrected chi connectivity index (χ4v) is 0.728. The summed E-state index contributed by atoms with van der Waals surface area (Å²) in [6.07, 6.45) is 0. The number of hydrogen-bond donors (Lipinski definition) is 2. The molecule has 72 valence electrons. The summed E-state index contributed by atoms with van der Waals surface area (Å²) in [6.45, 7) is 0.